The number of anilines is 2. The minimum absolute atomic E-state index is 0.0107. The summed E-state index contributed by atoms with van der Waals surface area (Å²) in [5.74, 6) is -2.93. The fraction of sp³-hybridized carbons (Fsp3) is 0.300. The second-order valence-electron chi connectivity index (χ2n) is 5.81. The summed E-state index contributed by atoms with van der Waals surface area (Å²) in [5.41, 5.74) is 0.745. The lowest BCUT2D eigenvalue weighted by molar-refractivity contribution is -0.152. The minimum atomic E-state index is -1.10. The van der Waals surface area contributed by atoms with Crippen LogP contribution < -0.4 is 15.4 Å². The molecule has 0 bridgehead atoms. The quantitative estimate of drug-likeness (QED) is 0.508. The number of nitrogens with one attached hydrogen (secondary N) is 2. The van der Waals surface area contributed by atoms with Crippen LogP contribution in [0.15, 0.2) is 24.3 Å². The molecule has 0 radical (unpaired) electrons. The van der Waals surface area contributed by atoms with Crippen molar-refractivity contribution in [2.45, 2.75) is 20.8 Å². The van der Waals surface area contributed by atoms with Crippen LogP contribution in [0.3, 0.4) is 0 Å². The van der Waals surface area contributed by atoms with Crippen LogP contribution in [-0.4, -0.2) is 44.1 Å². The molecule has 2 amide bonds. The van der Waals surface area contributed by atoms with E-state index in [1.165, 1.54) is 7.11 Å². The molecule has 0 aliphatic heterocycles. The molecule has 1 aromatic heterocycles. The van der Waals surface area contributed by atoms with E-state index in [2.05, 4.69) is 15.4 Å². The third-order valence-electron chi connectivity index (χ3n) is 3.87. The Hall–Kier alpha value is -3.40. The summed E-state index contributed by atoms with van der Waals surface area (Å²) >= 11 is 0.847. The zero-order chi connectivity index (χ0) is 22.3. The first-order valence-electron chi connectivity index (χ1n) is 9.06. The molecule has 0 aliphatic rings. The van der Waals surface area contributed by atoms with Crippen LogP contribution in [0.5, 0.6) is 5.75 Å². The van der Waals surface area contributed by atoms with Gasteiger partial charge in [0.05, 0.1) is 36.5 Å². The monoisotopic (exact) mass is 434 g/mol. The van der Waals surface area contributed by atoms with Crippen LogP contribution in [0.2, 0.25) is 0 Å². The van der Waals surface area contributed by atoms with Gasteiger partial charge in [0.25, 0.3) is 5.91 Å². The molecule has 1 heterocycles. The van der Waals surface area contributed by atoms with E-state index in [9.17, 15) is 19.2 Å². The first-order valence-corrected chi connectivity index (χ1v) is 9.88. The van der Waals surface area contributed by atoms with Gasteiger partial charge in [-0.3, -0.25) is 9.59 Å². The second kappa shape index (κ2) is 10.4. The molecule has 160 valence electrons. The van der Waals surface area contributed by atoms with Crippen molar-refractivity contribution < 1.29 is 33.4 Å². The molecule has 0 atom stereocenters. The molecule has 2 rings (SSSR count). The number of hydrogen-bond donors (Lipinski definition) is 2. The highest BCUT2D eigenvalue weighted by Crippen LogP contribution is 2.35. The number of esters is 2. The standard InChI is InChI=1S/C20H22N2O7S/c1-5-28-13-10-8-7-9-12(13)21-16(23)15-11(3)14(19(25)27-4)18(30-15)22-17(24)20(26)29-6-2/h7-10H,5-6H2,1-4H3,(H,21,23)(H,22,24). The fourth-order valence-electron chi connectivity index (χ4n) is 2.55. The van der Waals surface area contributed by atoms with Gasteiger partial charge >= 0.3 is 17.8 Å². The van der Waals surface area contributed by atoms with Crippen molar-refractivity contribution in [3.63, 3.8) is 0 Å². The number of para-hydroxylation sites is 2. The molecule has 1 aromatic carbocycles. The van der Waals surface area contributed by atoms with Crippen molar-refractivity contribution in [3.05, 3.63) is 40.3 Å². The molecule has 0 fully saturated rings. The largest absolute Gasteiger partial charge is 0.492 e. The van der Waals surface area contributed by atoms with Crippen LogP contribution >= 0.6 is 11.3 Å². The number of thiophene rings is 1. The van der Waals surface area contributed by atoms with E-state index in [0.29, 0.717) is 23.6 Å². The summed E-state index contributed by atoms with van der Waals surface area (Å²) in [5, 5.41) is 5.07. The number of benzene rings is 1. The maximum atomic E-state index is 12.9. The Morgan fingerprint density at radius 2 is 1.73 bits per heavy atom. The Kier molecular flexibility index (Phi) is 7.93. The lowest BCUT2D eigenvalue weighted by Gasteiger charge is -2.11. The molecule has 30 heavy (non-hydrogen) atoms. The van der Waals surface area contributed by atoms with E-state index in [-0.39, 0.29) is 22.0 Å². The van der Waals surface area contributed by atoms with E-state index in [4.69, 9.17) is 9.47 Å². The number of methoxy groups -OCH3 is 1. The Bertz CT molecular complexity index is 968. The SMILES string of the molecule is CCOC(=O)C(=O)Nc1sc(C(=O)Nc2ccccc2OCC)c(C)c1C(=O)OC. The second-order valence-corrected chi connectivity index (χ2v) is 6.83. The van der Waals surface area contributed by atoms with Gasteiger partial charge in [0.2, 0.25) is 0 Å². The van der Waals surface area contributed by atoms with Gasteiger partial charge in [-0.15, -0.1) is 11.3 Å². The maximum absolute atomic E-state index is 12.9. The molecular formula is C20H22N2O7S. The number of carbonyl (C=O) groups excluding carboxylic acids is 4. The van der Waals surface area contributed by atoms with Gasteiger partial charge in [-0.1, -0.05) is 12.1 Å². The van der Waals surface area contributed by atoms with Gasteiger partial charge in [0, 0.05) is 0 Å². The topological polar surface area (TPSA) is 120 Å². The van der Waals surface area contributed by atoms with Gasteiger partial charge in [-0.05, 0) is 38.5 Å². The third kappa shape index (κ3) is 5.15. The first kappa shape index (κ1) is 22.9. The molecule has 0 aliphatic carbocycles. The van der Waals surface area contributed by atoms with E-state index in [1.807, 2.05) is 6.92 Å². The lowest BCUT2D eigenvalue weighted by Crippen LogP contribution is -2.25. The molecule has 0 spiro atoms. The zero-order valence-corrected chi connectivity index (χ0v) is 17.8. The molecule has 0 saturated heterocycles. The predicted molar refractivity (Wildman–Crippen MR) is 111 cm³/mol. The van der Waals surface area contributed by atoms with E-state index < -0.39 is 23.8 Å². The van der Waals surface area contributed by atoms with E-state index >= 15 is 0 Å². The van der Waals surface area contributed by atoms with E-state index in [1.54, 1.807) is 38.1 Å². The average Bonchev–Trinajstić information content (AvgIpc) is 3.05. The Morgan fingerprint density at radius 3 is 2.37 bits per heavy atom. The highest BCUT2D eigenvalue weighted by molar-refractivity contribution is 7.19. The van der Waals surface area contributed by atoms with Crippen LogP contribution in [0.4, 0.5) is 10.7 Å². The average molecular weight is 434 g/mol. The van der Waals surface area contributed by atoms with Crippen LogP contribution in [0.25, 0.3) is 0 Å². The van der Waals surface area contributed by atoms with Crippen molar-refractivity contribution in [1.29, 1.82) is 0 Å². The van der Waals surface area contributed by atoms with Crippen LogP contribution in [0, 0.1) is 6.92 Å². The molecule has 9 nitrogen and oxygen atoms in total. The van der Waals surface area contributed by atoms with Crippen molar-refractivity contribution >= 4 is 45.8 Å². The summed E-state index contributed by atoms with van der Waals surface area (Å²) in [7, 11) is 1.18. The van der Waals surface area contributed by atoms with Crippen molar-refractivity contribution in [2.24, 2.45) is 0 Å². The molecule has 10 heteroatoms. The fourth-order valence-corrected chi connectivity index (χ4v) is 3.63. The molecular weight excluding hydrogens is 412 g/mol. The van der Waals surface area contributed by atoms with Crippen molar-refractivity contribution in [2.75, 3.05) is 31.0 Å². The summed E-state index contributed by atoms with van der Waals surface area (Å²) in [6, 6.07) is 6.90. The van der Waals surface area contributed by atoms with Crippen LogP contribution in [-0.2, 0) is 19.1 Å². The number of rotatable bonds is 7. The Balaban J connectivity index is 2.37. The number of carbonyl (C=O) groups is 4. The summed E-state index contributed by atoms with van der Waals surface area (Å²) in [6.45, 7) is 5.37. The predicted octanol–water partition coefficient (Wildman–Crippen LogP) is 3.00. The normalized spacial score (nSPS) is 10.1. The summed E-state index contributed by atoms with van der Waals surface area (Å²) in [6.07, 6.45) is 0. The van der Waals surface area contributed by atoms with Crippen LogP contribution in [0.1, 0.15) is 39.4 Å². The van der Waals surface area contributed by atoms with Gasteiger partial charge in [0.1, 0.15) is 10.8 Å². The number of amides is 2. The molecule has 0 saturated carbocycles. The minimum Gasteiger partial charge on any atom is -0.492 e. The number of hydrogen-bond acceptors (Lipinski definition) is 8. The maximum Gasteiger partial charge on any atom is 0.397 e. The third-order valence-corrected chi connectivity index (χ3v) is 5.07. The van der Waals surface area contributed by atoms with Crippen molar-refractivity contribution in [1.82, 2.24) is 0 Å². The molecule has 2 aromatic rings. The van der Waals surface area contributed by atoms with E-state index in [0.717, 1.165) is 11.3 Å². The highest BCUT2D eigenvalue weighted by atomic mass is 32.1. The lowest BCUT2D eigenvalue weighted by atomic mass is 10.1. The summed E-state index contributed by atoms with van der Waals surface area (Å²) in [4.78, 5) is 48.9. The Labute approximate surface area is 177 Å². The van der Waals surface area contributed by atoms with Crippen molar-refractivity contribution in [3.8, 4) is 5.75 Å². The number of ether oxygens (including phenoxy) is 3. The Morgan fingerprint density at radius 1 is 1.03 bits per heavy atom. The first-order chi connectivity index (χ1) is 14.3. The molecule has 0 unspecified atom stereocenters. The molecule has 2 N–H and O–H groups in total. The highest BCUT2D eigenvalue weighted by Gasteiger charge is 2.28. The van der Waals surface area contributed by atoms with Gasteiger partial charge < -0.3 is 24.8 Å². The zero-order valence-electron chi connectivity index (χ0n) is 17.0. The van der Waals surface area contributed by atoms with Gasteiger partial charge in [-0.2, -0.15) is 0 Å². The smallest absolute Gasteiger partial charge is 0.397 e. The summed E-state index contributed by atoms with van der Waals surface area (Å²) < 4.78 is 14.9. The van der Waals surface area contributed by atoms with Gasteiger partial charge in [-0.25, -0.2) is 9.59 Å². The van der Waals surface area contributed by atoms with Gasteiger partial charge in [0.15, 0.2) is 0 Å².